The number of aliphatic hydroxyl groups is 1. The summed E-state index contributed by atoms with van der Waals surface area (Å²) in [4.78, 5) is 16.5. The summed E-state index contributed by atoms with van der Waals surface area (Å²) in [5.74, 6) is 0.531. The highest BCUT2D eigenvalue weighted by Crippen LogP contribution is 2.15. The largest absolute Gasteiger partial charge is 0.487 e. The number of aromatic nitrogens is 1. The van der Waals surface area contributed by atoms with E-state index in [1.807, 2.05) is 45.0 Å². The normalized spacial score (nSPS) is 13.4. The highest BCUT2D eigenvalue weighted by molar-refractivity contribution is 5.94. The highest BCUT2D eigenvalue weighted by Gasteiger charge is 2.25. The Labute approximate surface area is 149 Å². The van der Waals surface area contributed by atoms with Crippen molar-refractivity contribution in [3.05, 3.63) is 59.4 Å². The van der Waals surface area contributed by atoms with Gasteiger partial charge in [-0.3, -0.25) is 9.78 Å². The first-order valence-corrected chi connectivity index (χ1v) is 8.43. The summed E-state index contributed by atoms with van der Waals surface area (Å²) in [6.07, 6.45) is 1.68. The molecule has 5 heteroatoms. The van der Waals surface area contributed by atoms with Crippen LogP contribution < -0.4 is 10.1 Å². The lowest BCUT2D eigenvalue weighted by Gasteiger charge is -2.27. The molecule has 0 fully saturated rings. The Morgan fingerprint density at radius 1 is 1.32 bits per heavy atom. The summed E-state index contributed by atoms with van der Waals surface area (Å²) in [6.45, 7) is 8.04. The van der Waals surface area contributed by atoms with E-state index in [1.165, 1.54) is 0 Å². The predicted molar refractivity (Wildman–Crippen MR) is 97.5 cm³/mol. The average molecular weight is 342 g/mol. The van der Waals surface area contributed by atoms with Crippen LogP contribution in [-0.2, 0) is 6.61 Å². The van der Waals surface area contributed by atoms with Crippen molar-refractivity contribution in [2.75, 3.05) is 6.54 Å². The fraction of sp³-hybridized carbons (Fsp3) is 0.400. The zero-order valence-electron chi connectivity index (χ0n) is 15.2. The van der Waals surface area contributed by atoms with E-state index in [9.17, 15) is 9.90 Å². The fourth-order valence-corrected chi connectivity index (χ4v) is 2.07. The quantitative estimate of drug-likeness (QED) is 0.811. The fourth-order valence-electron chi connectivity index (χ4n) is 2.07. The Bertz CT molecular complexity index is 709. The summed E-state index contributed by atoms with van der Waals surface area (Å²) in [7, 11) is 0. The molecule has 2 aromatic rings. The molecule has 1 unspecified atom stereocenters. The second kappa shape index (κ2) is 8.12. The number of benzene rings is 1. The van der Waals surface area contributed by atoms with Crippen LogP contribution in [0, 0.1) is 12.8 Å². The van der Waals surface area contributed by atoms with Crippen LogP contribution in [0.1, 0.15) is 42.4 Å². The molecule has 0 saturated carbocycles. The van der Waals surface area contributed by atoms with E-state index >= 15 is 0 Å². The van der Waals surface area contributed by atoms with Gasteiger partial charge in [0.2, 0.25) is 0 Å². The molecule has 0 aliphatic heterocycles. The minimum atomic E-state index is -0.936. The zero-order chi connectivity index (χ0) is 18.4. The summed E-state index contributed by atoms with van der Waals surface area (Å²) in [5.41, 5.74) is 1.43. The zero-order valence-corrected chi connectivity index (χ0v) is 15.2. The van der Waals surface area contributed by atoms with Gasteiger partial charge in [0.25, 0.3) is 5.91 Å². The molecule has 0 aliphatic rings. The van der Waals surface area contributed by atoms with Gasteiger partial charge < -0.3 is 15.2 Å². The number of ether oxygens (including phenoxy) is 1. The maximum Gasteiger partial charge on any atom is 0.251 e. The molecule has 2 rings (SSSR count). The molecule has 134 valence electrons. The number of hydrogen-bond acceptors (Lipinski definition) is 4. The molecular formula is C20H26N2O3. The third-order valence-electron chi connectivity index (χ3n) is 4.33. The summed E-state index contributed by atoms with van der Waals surface area (Å²) < 4.78 is 5.69. The number of nitrogens with zero attached hydrogens (tertiary/aromatic N) is 1. The van der Waals surface area contributed by atoms with Gasteiger partial charge in [0.15, 0.2) is 0 Å². The Morgan fingerprint density at radius 2 is 2.08 bits per heavy atom. The van der Waals surface area contributed by atoms with Crippen LogP contribution in [0.25, 0.3) is 0 Å². The number of pyridine rings is 1. The molecule has 0 saturated heterocycles. The van der Waals surface area contributed by atoms with Crippen molar-refractivity contribution in [2.24, 2.45) is 5.92 Å². The molecule has 0 spiro atoms. The molecule has 0 bridgehead atoms. The first-order chi connectivity index (χ1) is 11.8. The van der Waals surface area contributed by atoms with Crippen molar-refractivity contribution in [1.82, 2.24) is 10.3 Å². The maximum absolute atomic E-state index is 12.3. The SMILES string of the molecule is Cc1ccc(OCc2cccc(C(=O)NCC(C)(O)C(C)C)c2)cn1. The van der Waals surface area contributed by atoms with Crippen molar-refractivity contribution in [2.45, 2.75) is 39.9 Å². The van der Waals surface area contributed by atoms with Crippen molar-refractivity contribution in [3.8, 4) is 5.75 Å². The van der Waals surface area contributed by atoms with E-state index in [0.29, 0.717) is 17.9 Å². The number of amides is 1. The van der Waals surface area contributed by atoms with E-state index in [1.54, 1.807) is 25.3 Å². The van der Waals surface area contributed by atoms with E-state index in [0.717, 1.165) is 11.3 Å². The lowest BCUT2D eigenvalue weighted by Crippen LogP contribution is -2.44. The number of hydrogen-bond donors (Lipinski definition) is 2. The monoisotopic (exact) mass is 342 g/mol. The molecular weight excluding hydrogens is 316 g/mol. The predicted octanol–water partition coefficient (Wildman–Crippen LogP) is 3.11. The molecule has 1 heterocycles. The van der Waals surface area contributed by atoms with E-state index in [4.69, 9.17) is 4.74 Å². The van der Waals surface area contributed by atoms with Gasteiger partial charge in [0.1, 0.15) is 12.4 Å². The Kier molecular flexibility index (Phi) is 6.15. The van der Waals surface area contributed by atoms with Gasteiger partial charge in [-0.1, -0.05) is 26.0 Å². The summed E-state index contributed by atoms with van der Waals surface area (Å²) >= 11 is 0. The van der Waals surface area contributed by atoms with Crippen LogP contribution in [0.15, 0.2) is 42.6 Å². The molecule has 1 amide bonds. The van der Waals surface area contributed by atoms with Crippen molar-refractivity contribution in [1.29, 1.82) is 0 Å². The van der Waals surface area contributed by atoms with Crippen LogP contribution in [0.5, 0.6) is 5.75 Å². The second-order valence-electron chi connectivity index (χ2n) is 6.82. The van der Waals surface area contributed by atoms with Gasteiger partial charge in [-0.15, -0.1) is 0 Å². The molecule has 25 heavy (non-hydrogen) atoms. The van der Waals surface area contributed by atoms with Gasteiger partial charge in [-0.25, -0.2) is 0 Å². The van der Waals surface area contributed by atoms with Gasteiger partial charge in [-0.2, -0.15) is 0 Å². The van der Waals surface area contributed by atoms with Crippen LogP contribution >= 0.6 is 0 Å². The molecule has 2 N–H and O–H groups in total. The lowest BCUT2D eigenvalue weighted by atomic mass is 9.92. The van der Waals surface area contributed by atoms with Crippen LogP contribution in [0.4, 0.5) is 0 Å². The van der Waals surface area contributed by atoms with E-state index < -0.39 is 5.60 Å². The molecule has 1 aromatic heterocycles. The Hall–Kier alpha value is -2.40. The number of nitrogens with one attached hydrogen (secondary N) is 1. The van der Waals surface area contributed by atoms with E-state index in [2.05, 4.69) is 10.3 Å². The van der Waals surface area contributed by atoms with Crippen molar-refractivity contribution in [3.63, 3.8) is 0 Å². The Morgan fingerprint density at radius 3 is 2.72 bits per heavy atom. The summed E-state index contributed by atoms with van der Waals surface area (Å²) in [6, 6.07) is 11.0. The maximum atomic E-state index is 12.3. The molecule has 5 nitrogen and oxygen atoms in total. The molecule has 1 atom stereocenters. The lowest BCUT2D eigenvalue weighted by molar-refractivity contribution is 0.0142. The van der Waals surface area contributed by atoms with Crippen molar-refractivity contribution < 1.29 is 14.6 Å². The third kappa shape index (κ3) is 5.57. The van der Waals surface area contributed by atoms with E-state index in [-0.39, 0.29) is 18.4 Å². The number of carbonyl (C=O) groups is 1. The van der Waals surface area contributed by atoms with Gasteiger partial charge in [0, 0.05) is 17.8 Å². The first-order valence-electron chi connectivity index (χ1n) is 8.43. The second-order valence-corrected chi connectivity index (χ2v) is 6.82. The standard InChI is InChI=1S/C20H26N2O3/c1-14(2)20(4,24)13-22-19(23)17-7-5-6-16(10-17)12-25-18-9-8-15(3)21-11-18/h5-11,14,24H,12-13H2,1-4H3,(H,22,23). The van der Waals surface area contributed by atoms with Crippen LogP contribution in [-0.4, -0.2) is 28.1 Å². The molecule has 0 radical (unpaired) electrons. The van der Waals surface area contributed by atoms with Crippen LogP contribution in [0.2, 0.25) is 0 Å². The van der Waals surface area contributed by atoms with Gasteiger partial charge in [-0.05, 0) is 49.6 Å². The van der Waals surface area contributed by atoms with Crippen LogP contribution in [0.3, 0.4) is 0 Å². The van der Waals surface area contributed by atoms with Gasteiger partial charge in [0.05, 0.1) is 11.8 Å². The number of rotatable bonds is 7. The van der Waals surface area contributed by atoms with Crippen molar-refractivity contribution >= 4 is 5.91 Å². The van der Waals surface area contributed by atoms with Gasteiger partial charge >= 0.3 is 0 Å². The molecule has 0 aliphatic carbocycles. The topological polar surface area (TPSA) is 71.5 Å². The highest BCUT2D eigenvalue weighted by atomic mass is 16.5. The minimum absolute atomic E-state index is 0.0515. The Balaban J connectivity index is 1.95. The molecule has 1 aromatic carbocycles. The minimum Gasteiger partial charge on any atom is -0.487 e. The first kappa shape index (κ1) is 18.9. The average Bonchev–Trinajstić information content (AvgIpc) is 2.59. The third-order valence-corrected chi connectivity index (χ3v) is 4.33. The summed E-state index contributed by atoms with van der Waals surface area (Å²) in [5, 5.41) is 13.0. The number of aryl methyl sites for hydroxylation is 1. The smallest absolute Gasteiger partial charge is 0.251 e. The number of carbonyl (C=O) groups excluding carboxylic acids is 1.